The summed E-state index contributed by atoms with van der Waals surface area (Å²) in [6, 6.07) is 3.56. The average Bonchev–Trinajstić information content (AvgIpc) is 3.41. The second-order valence-corrected chi connectivity index (χ2v) is 10.4. The first kappa shape index (κ1) is 27.9. The number of likely N-dealkylation sites (tertiary alicyclic amines) is 1. The number of anilines is 1. The molecule has 0 unspecified atom stereocenters. The van der Waals surface area contributed by atoms with Gasteiger partial charge in [-0.05, 0) is 43.7 Å². The number of aryl methyl sites for hydroxylation is 1. The van der Waals surface area contributed by atoms with Crippen molar-refractivity contribution in [3.8, 4) is 22.6 Å². The number of piperidine rings is 1. The molecule has 0 radical (unpaired) electrons. The summed E-state index contributed by atoms with van der Waals surface area (Å²) in [5, 5.41) is 9.26. The van der Waals surface area contributed by atoms with E-state index in [1.54, 1.807) is 23.8 Å². The number of carbonyl (C=O) groups excluding carboxylic acids is 1. The van der Waals surface area contributed by atoms with Crippen molar-refractivity contribution in [2.24, 2.45) is 5.92 Å². The molecule has 0 aliphatic carbocycles. The fourth-order valence-corrected chi connectivity index (χ4v) is 5.91. The van der Waals surface area contributed by atoms with E-state index in [1.165, 1.54) is 20.3 Å². The predicted molar refractivity (Wildman–Crippen MR) is 157 cm³/mol. The van der Waals surface area contributed by atoms with Gasteiger partial charge in [-0.3, -0.25) is 4.79 Å². The second kappa shape index (κ2) is 11.9. The zero-order valence-electron chi connectivity index (χ0n) is 22.7. The molecule has 4 aromatic rings. The van der Waals surface area contributed by atoms with E-state index in [4.69, 9.17) is 42.8 Å². The smallest absolute Gasteiger partial charge is 0.245 e. The van der Waals surface area contributed by atoms with Crippen molar-refractivity contribution in [1.29, 1.82) is 0 Å². The summed E-state index contributed by atoms with van der Waals surface area (Å²) in [7, 11) is 4.84. The van der Waals surface area contributed by atoms with Crippen molar-refractivity contribution < 1.29 is 14.3 Å². The summed E-state index contributed by atoms with van der Waals surface area (Å²) >= 11 is 13.6. The van der Waals surface area contributed by atoms with Crippen LogP contribution >= 0.6 is 23.2 Å². The van der Waals surface area contributed by atoms with Gasteiger partial charge < -0.3 is 19.7 Å². The first-order valence-corrected chi connectivity index (χ1v) is 13.9. The molecule has 0 saturated carbocycles. The first-order chi connectivity index (χ1) is 19.4. The van der Waals surface area contributed by atoms with E-state index in [0.29, 0.717) is 68.1 Å². The van der Waals surface area contributed by atoms with Gasteiger partial charge in [-0.1, -0.05) is 29.8 Å². The molecule has 5 rings (SSSR count). The minimum atomic E-state index is 0.00878. The van der Waals surface area contributed by atoms with E-state index in [-0.39, 0.29) is 5.91 Å². The average molecular weight is 585 g/mol. The monoisotopic (exact) mass is 583 g/mol. The van der Waals surface area contributed by atoms with E-state index >= 15 is 0 Å². The molecule has 1 saturated heterocycles. The Kier molecular flexibility index (Phi) is 8.27. The quantitative estimate of drug-likeness (QED) is 0.259. The van der Waals surface area contributed by atoms with Gasteiger partial charge in [0, 0.05) is 55.3 Å². The first-order valence-electron chi connectivity index (χ1n) is 13.1. The SMILES string of the molecule is C=CC(=O)N1CCC(CCCc2nc3c(-c4c(Cl)c(OC)cc(OC)c4Cl)cc4cnc(NC)nc4n3n2)CC1. The number of carbonyl (C=O) groups is 1. The van der Waals surface area contributed by atoms with Crippen LogP contribution < -0.4 is 14.8 Å². The molecule has 210 valence electrons. The Balaban J connectivity index is 1.50. The van der Waals surface area contributed by atoms with Crippen LogP contribution in [0.15, 0.2) is 31.0 Å². The van der Waals surface area contributed by atoms with Crippen molar-refractivity contribution in [3.05, 3.63) is 46.9 Å². The van der Waals surface area contributed by atoms with Crippen molar-refractivity contribution in [3.63, 3.8) is 0 Å². The summed E-state index contributed by atoms with van der Waals surface area (Å²) < 4.78 is 12.7. The van der Waals surface area contributed by atoms with Gasteiger partial charge in [-0.2, -0.15) is 9.50 Å². The van der Waals surface area contributed by atoms with Gasteiger partial charge in [0.1, 0.15) is 11.5 Å². The van der Waals surface area contributed by atoms with Gasteiger partial charge in [0.25, 0.3) is 0 Å². The minimum absolute atomic E-state index is 0.00878. The standard InChI is InChI=1S/C28H31Cl2N7O3/c1-5-22(38)36-11-9-16(10-12-36)7-6-8-21-33-27-18(23-24(29)19(39-3)14-20(40-4)25(23)30)13-17-15-32-28(31-2)34-26(17)37(27)35-21/h5,13-16H,1,6-12H2,2-4H3,(H,31,32,34). The Labute approximate surface area is 242 Å². The number of aromatic nitrogens is 5. The zero-order chi connectivity index (χ0) is 28.4. The third-order valence-corrected chi connectivity index (χ3v) is 8.12. The van der Waals surface area contributed by atoms with Crippen LogP contribution in [0, 0.1) is 5.92 Å². The molecule has 10 nitrogen and oxygen atoms in total. The highest BCUT2D eigenvalue weighted by Gasteiger charge is 2.25. The van der Waals surface area contributed by atoms with Gasteiger partial charge in [0.05, 0.1) is 24.3 Å². The maximum absolute atomic E-state index is 11.9. The van der Waals surface area contributed by atoms with E-state index in [9.17, 15) is 4.79 Å². The van der Waals surface area contributed by atoms with Crippen LogP contribution in [0.1, 0.15) is 31.5 Å². The summed E-state index contributed by atoms with van der Waals surface area (Å²) in [6.07, 6.45) is 7.75. The molecule has 1 amide bonds. The van der Waals surface area contributed by atoms with Gasteiger partial charge in [-0.25, -0.2) is 9.97 Å². The Hall–Kier alpha value is -3.63. The number of pyridine rings is 1. The normalized spacial score (nSPS) is 14.1. The van der Waals surface area contributed by atoms with Crippen molar-refractivity contribution in [2.45, 2.75) is 32.1 Å². The van der Waals surface area contributed by atoms with Crippen LogP contribution in [0.2, 0.25) is 10.0 Å². The molecule has 40 heavy (non-hydrogen) atoms. The highest BCUT2D eigenvalue weighted by atomic mass is 35.5. The largest absolute Gasteiger partial charge is 0.495 e. The van der Waals surface area contributed by atoms with Crippen LogP contribution in [0.5, 0.6) is 11.5 Å². The van der Waals surface area contributed by atoms with Crippen molar-refractivity contribution in [1.82, 2.24) is 29.5 Å². The molecule has 4 heterocycles. The van der Waals surface area contributed by atoms with Gasteiger partial charge in [0.2, 0.25) is 11.9 Å². The molecule has 0 atom stereocenters. The Morgan fingerprint density at radius 2 is 1.82 bits per heavy atom. The summed E-state index contributed by atoms with van der Waals surface area (Å²) in [4.78, 5) is 27.7. The zero-order valence-corrected chi connectivity index (χ0v) is 24.2. The molecule has 3 aromatic heterocycles. The number of methoxy groups -OCH3 is 2. The molecule has 1 aromatic carbocycles. The number of hydrogen-bond donors (Lipinski definition) is 1. The predicted octanol–water partition coefficient (Wildman–Crippen LogP) is 5.45. The number of hydrogen-bond acceptors (Lipinski definition) is 8. The number of fused-ring (bicyclic) bond motifs is 3. The highest BCUT2D eigenvalue weighted by molar-refractivity contribution is 6.41. The van der Waals surface area contributed by atoms with Gasteiger partial charge >= 0.3 is 0 Å². The Morgan fingerprint density at radius 1 is 1.12 bits per heavy atom. The number of amides is 1. The fraction of sp³-hybridized carbons (Fsp3) is 0.393. The minimum Gasteiger partial charge on any atom is -0.495 e. The lowest BCUT2D eigenvalue weighted by molar-refractivity contribution is -0.127. The summed E-state index contributed by atoms with van der Waals surface area (Å²) in [6.45, 7) is 5.14. The molecule has 0 spiro atoms. The summed E-state index contributed by atoms with van der Waals surface area (Å²) in [5.74, 6) is 2.60. The van der Waals surface area contributed by atoms with Crippen LogP contribution in [-0.2, 0) is 11.2 Å². The highest BCUT2D eigenvalue weighted by Crippen LogP contribution is 2.47. The molecular formula is C28H31Cl2N7O3. The molecule has 0 bridgehead atoms. The molecule has 1 N–H and O–H groups in total. The molecule has 1 aliphatic heterocycles. The number of ether oxygens (including phenoxy) is 2. The topological polar surface area (TPSA) is 107 Å². The number of halogens is 2. The molecule has 1 aliphatic rings. The van der Waals surface area contributed by atoms with Crippen molar-refractivity contribution in [2.75, 3.05) is 39.7 Å². The Bertz CT molecular complexity index is 1550. The number of rotatable bonds is 9. The van der Waals surface area contributed by atoms with E-state index in [2.05, 4.69) is 21.9 Å². The Morgan fingerprint density at radius 3 is 2.45 bits per heavy atom. The van der Waals surface area contributed by atoms with Crippen LogP contribution in [0.25, 0.3) is 27.8 Å². The third kappa shape index (κ3) is 5.25. The van der Waals surface area contributed by atoms with Crippen LogP contribution in [0.3, 0.4) is 0 Å². The van der Waals surface area contributed by atoms with Crippen molar-refractivity contribution >= 4 is 51.7 Å². The second-order valence-electron chi connectivity index (χ2n) is 9.69. The molecule has 1 fully saturated rings. The lowest BCUT2D eigenvalue weighted by Gasteiger charge is -2.31. The summed E-state index contributed by atoms with van der Waals surface area (Å²) in [5.41, 5.74) is 2.37. The van der Waals surface area contributed by atoms with E-state index in [1.807, 2.05) is 11.0 Å². The van der Waals surface area contributed by atoms with E-state index < -0.39 is 0 Å². The maximum atomic E-state index is 11.9. The van der Waals surface area contributed by atoms with Crippen LogP contribution in [0.4, 0.5) is 5.95 Å². The van der Waals surface area contributed by atoms with Gasteiger partial charge in [0.15, 0.2) is 17.1 Å². The fourth-order valence-electron chi connectivity index (χ4n) is 5.20. The number of nitrogens with zero attached hydrogens (tertiary/aromatic N) is 6. The number of nitrogens with one attached hydrogen (secondary N) is 1. The number of benzene rings is 1. The third-order valence-electron chi connectivity index (χ3n) is 7.37. The van der Waals surface area contributed by atoms with Crippen LogP contribution in [-0.4, -0.2) is 69.7 Å². The lowest BCUT2D eigenvalue weighted by atomic mass is 9.91. The lowest BCUT2D eigenvalue weighted by Crippen LogP contribution is -2.37. The molecule has 12 heteroatoms. The van der Waals surface area contributed by atoms with E-state index in [0.717, 1.165) is 44.2 Å². The molecular weight excluding hydrogens is 553 g/mol. The maximum Gasteiger partial charge on any atom is 0.245 e. The van der Waals surface area contributed by atoms with Gasteiger partial charge in [-0.15, -0.1) is 5.10 Å².